The molecule has 24 heavy (non-hydrogen) atoms. The minimum absolute atomic E-state index is 0.149. The van der Waals surface area contributed by atoms with E-state index in [-0.39, 0.29) is 6.10 Å². The van der Waals surface area contributed by atoms with Crippen molar-refractivity contribution in [2.24, 2.45) is 0 Å². The molecule has 5 nitrogen and oxygen atoms in total. The molecule has 0 bridgehead atoms. The average Bonchev–Trinajstić information content (AvgIpc) is 3.23. The number of anilines is 1. The number of benzene rings is 2. The minimum Gasteiger partial charge on any atom is -0.376 e. The molecule has 0 unspecified atom stereocenters. The van der Waals surface area contributed by atoms with E-state index in [9.17, 15) is 0 Å². The molecular weight excluding hydrogens is 302 g/mol. The molecule has 0 saturated carbocycles. The van der Waals surface area contributed by atoms with Crippen molar-refractivity contribution < 1.29 is 9.26 Å². The Hall–Kier alpha value is -2.40. The number of nitrogens with zero attached hydrogens (tertiary/aromatic N) is 2. The van der Waals surface area contributed by atoms with Crippen molar-refractivity contribution in [1.29, 1.82) is 0 Å². The smallest absolute Gasteiger partial charge is 0.246 e. The van der Waals surface area contributed by atoms with E-state index in [0.717, 1.165) is 18.5 Å². The zero-order valence-corrected chi connectivity index (χ0v) is 14.0. The third kappa shape index (κ3) is 2.65. The number of aromatic nitrogens is 2. The summed E-state index contributed by atoms with van der Waals surface area (Å²) in [6.07, 6.45) is 2.13. The van der Waals surface area contributed by atoms with Gasteiger partial charge >= 0.3 is 0 Å². The summed E-state index contributed by atoms with van der Waals surface area (Å²) in [5.41, 5.74) is 3.99. The van der Waals surface area contributed by atoms with Crippen LogP contribution in [0.25, 0.3) is 10.8 Å². The second kappa shape index (κ2) is 6.24. The molecule has 1 aliphatic rings. The predicted molar refractivity (Wildman–Crippen MR) is 93.0 cm³/mol. The molecule has 0 saturated heterocycles. The third-order valence-electron chi connectivity index (χ3n) is 4.57. The summed E-state index contributed by atoms with van der Waals surface area (Å²) in [7, 11) is 0. The maximum Gasteiger partial charge on any atom is 0.246 e. The molecule has 5 heteroatoms. The van der Waals surface area contributed by atoms with Gasteiger partial charge in [-0.3, -0.25) is 0 Å². The zero-order valence-electron chi connectivity index (χ0n) is 14.0. The zero-order chi connectivity index (χ0) is 16.5. The van der Waals surface area contributed by atoms with E-state index < -0.39 is 0 Å². The van der Waals surface area contributed by atoms with Crippen LogP contribution in [0.5, 0.6) is 0 Å². The largest absolute Gasteiger partial charge is 0.376 e. The van der Waals surface area contributed by atoms with Crippen LogP contribution in [0.4, 0.5) is 5.69 Å². The summed E-state index contributed by atoms with van der Waals surface area (Å²) in [4.78, 5) is 4.41. The number of hydrogen-bond acceptors (Lipinski definition) is 5. The number of ether oxygens (including phenoxy) is 1. The van der Waals surface area contributed by atoms with Crippen LogP contribution in [-0.2, 0) is 24.1 Å². The van der Waals surface area contributed by atoms with Gasteiger partial charge in [-0.25, -0.2) is 0 Å². The molecule has 4 rings (SSSR count). The molecule has 1 aromatic heterocycles. The fourth-order valence-corrected chi connectivity index (χ4v) is 3.40. The van der Waals surface area contributed by atoms with E-state index in [0.29, 0.717) is 24.9 Å². The molecule has 0 radical (unpaired) electrons. The Morgan fingerprint density at radius 2 is 2.04 bits per heavy atom. The molecule has 124 valence electrons. The van der Waals surface area contributed by atoms with E-state index >= 15 is 0 Å². The summed E-state index contributed by atoms with van der Waals surface area (Å²) < 4.78 is 10.8. The number of rotatable bonds is 6. The van der Waals surface area contributed by atoms with Gasteiger partial charge in [-0.15, -0.1) is 0 Å². The van der Waals surface area contributed by atoms with Crippen LogP contribution in [0.3, 0.4) is 0 Å². The van der Waals surface area contributed by atoms with Crippen LogP contribution in [0.1, 0.15) is 42.8 Å². The summed E-state index contributed by atoms with van der Waals surface area (Å²) in [5, 5.41) is 10.1. The summed E-state index contributed by atoms with van der Waals surface area (Å²) >= 11 is 0. The summed E-state index contributed by atoms with van der Waals surface area (Å²) in [6, 6.07) is 10.9. The Labute approximate surface area is 141 Å². The van der Waals surface area contributed by atoms with Gasteiger partial charge in [-0.1, -0.05) is 29.4 Å². The minimum atomic E-state index is -0.149. The molecule has 0 fully saturated rings. The Morgan fingerprint density at radius 3 is 2.88 bits per heavy atom. The maximum atomic E-state index is 5.49. The van der Waals surface area contributed by atoms with Crippen molar-refractivity contribution in [2.75, 3.05) is 11.9 Å². The Balaban J connectivity index is 1.54. The fourth-order valence-electron chi connectivity index (χ4n) is 3.40. The van der Waals surface area contributed by atoms with Crippen LogP contribution in [0.15, 0.2) is 34.9 Å². The second-order valence-electron chi connectivity index (χ2n) is 6.11. The Morgan fingerprint density at radius 1 is 1.21 bits per heavy atom. The van der Waals surface area contributed by atoms with Gasteiger partial charge in [0.2, 0.25) is 5.89 Å². The summed E-state index contributed by atoms with van der Waals surface area (Å²) in [5.74, 6) is 1.16. The SMILES string of the molecule is CCO[C@H](C)c1noc(CNc2ccc3c4c(cccc24)CC3)n1. The highest BCUT2D eigenvalue weighted by molar-refractivity contribution is 5.99. The standard InChI is InChI=1S/C19H21N3O2/c1-3-23-12(2)19-21-17(24-22-19)11-20-16-10-9-14-8-7-13-5-4-6-15(16)18(13)14/h4-6,9-10,12,20H,3,7-8,11H2,1-2H3/t12-/m1/s1. The fraction of sp³-hybridized carbons (Fsp3) is 0.368. The lowest BCUT2D eigenvalue weighted by Gasteiger charge is -2.10. The lowest BCUT2D eigenvalue weighted by molar-refractivity contribution is 0.0683. The van der Waals surface area contributed by atoms with E-state index in [2.05, 4.69) is 45.8 Å². The monoisotopic (exact) mass is 323 g/mol. The lowest BCUT2D eigenvalue weighted by atomic mass is 10.0. The van der Waals surface area contributed by atoms with Crippen molar-refractivity contribution in [3.05, 3.63) is 53.2 Å². The van der Waals surface area contributed by atoms with Crippen molar-refractivity contribution in [3.8, 4) is 0 Å². The first kappa shape index (κ1) is 15.1. The first-order chi connectivity index (χ1) is 11.8. The highest BCUT2D eigenvalue weighted by Crippen LogP contribution is 2.35. The van der Waals surface area contributed by atoms with Crippen LogP contribution in [0.2, 0.25) is 0 Å². The molecule has 3 aromatic rings. The molecule has 0 amide bonds. The van der Waals surface area contributed by atoms with Crippen LogP contribution >= 0.6 is 0 Å². The molecule has 1 aliphatic carbocycles. The molecule has 1 N–H and O–H groups in total. The van der Waals surface area contributed by atoms with Gasteiger partial charge in [-0.05, 0) is 49.3 Å². The molecular formula is C19H21N3O2. The molecule has 0 aliphatic heterocycles. The Bertz CT molecular complexity index is 862. The van der Waals surface area contributed by atoms with Gasteiger partial charge in [0.15, 0.2) is 5.82 Å². The number of hydrogen-bond donors (Lipinski definition) is 1. The second-order valence-corrected chi connectivity index (χ2v) is 6.11. The quantitative estimate of drug-likeness (QED) is 0.742. The molecule has 2 aromatic carbocycles. The molecule has 0 spiro atoms. The van der Waals surface area contributed by atoms with Crippen molar-refractivity contribution in [3.63, 3.8) is 0 Å². The van der Waals surface area contributed by atoms with Gasteiger partial charge in [0, 0.05) is 17.7 Å². The summed E-state index contributed by atoms with van der Waals surface area (Å²) in [6.45, 7) is 5.01. The first-order valence-corrected chi connectivity index (χ1v) is 8.47. The van der Waals surface area contributed by atoms with Crippen LogP contribution in [-0.4, -0.2) is 16.7 Å². The average molecular weight is 323 g/mol. The molecule has 1 heterocycles. The number of nitrogens with one attached hydrogen (secondary N) is 1. The van der Waals surface area contributed by atoms with Gasteiger partial charge in [0.05, 0.1) is 6.54 Å². The van der Waals surface area contributed by atoms with E-state index in [1.54, 1.807) is 0 Å². The van der Waals surface area contributed by atoms with E-state index in [4.69, 9.17) is 9.26 Å². The third-order valence-corrected chi connectivity index (χ3v) is 4.57. The van der Waals surface area contributed by atoms with Gasteiger partial charge in [0.1, 0.15) is 6.10 Å². The lowest BCUT2D eigenvalue weighted by Crippen LogP contribution is -2.03. The highest BCUT2D eigenvalue weighted by Gasteiger charge is 2.17. The Kier molecular flexibility index (Phi) is 3.94. The predicted octanol–water partition coefficient (Wildman–Crippen LogP) is 4.03. The van der Waals surface area contributed by atoms with Gasteiger partial charge < -0.3 is 14.6 Å². The van der Waals surface area contributed by atoms with E-state index in [1.807, 2.05) is 13.8 Å². The van der Waals surface area contributed by atoms with Crippen molar-refractivity contribution in [1.82, 2.24) is 10.1 Å². The maximum absolute atomic E-state index is 5.49. The number of aryl methyl sites for hydroxylation is 2. The van der Waals surface area contributed by atoms with Crippen molar-refractivity contribution in [2.45, 2.75) is 39.3 Å². The van der Waals surface area contributed by atoms with Crippen molar-refractivity contribution >= 4 is 16.5 Å². The normalized spacial score (nSPS) is 14.2. The van der Waals surface area contributed by atoms with Gasteiger partial charge in [0.25, 0.3) is 0 Å². The first-order valence-electron chi connectivity index (χ1n) is 8.47. The van der Waals surface area contributed by atoms with Crippen LogP contribution < -0.4 is 5.32 Å². The van der Waals surface area contributed by atoms with E-state index in [1.165, 1.54) is 21.9 Å². The van der Waals surface area contributed by atoms with Crippen LogP contribution in [0, 0.1) is 0 Å². The van der Waals surface area contributed by atoms with Gasteiger partial charge in [-0.2, -0.15) is 4.98 Å². The molecule has 1 atom stereocenters. The highest BCUT2D eigenvalue weighted by atomic mass is 16.5. The topological polar surface area (TPSA) is 60.2 Å².